The summed E-state index contributed by atoms with van der Waals surface area (Å²) in [5.74, 6) is 0. The molecule has 0 bridgehead atoms. The van der Waals surface area contributed by atoms with Gasteiger partial charge in [-0.1, -0.05) is 29.5 Å². The van der Waals surface area contributed by atoms with Crippen molar-refractivity contribution in [3.05, 3.63) is 0 Å². The molecule has 0 radical (unpaired) electrons. The second-order valence-electron chi connectivity index (χ2n) is 2.29. The lowest BCUT2D eigenvalue weighted by molar-refractivity contribution is 0.0328. The zero-order valence-electron chi connectivity index (χ0n) is 5.97. The molecule has 0 aromatic carbocycles. The van der Waals surface area contributed by atoms with E-state index in [2.05, 4.69) is 34.8 Å². The van der Waals surface area contributed by atoms with Gasteiger partial charge in [0.2, 0.25) is 0 Å². The first kappa shape index (κ1) is 11.4. The second-order valence-corrected chi connectivity index (χ2v) is 4.26. The molecular weight excluding hydrogens is 356 g/mol. The van der Waals surface area contributed by atoms with E-state index in [9.17, 15) is 0 Å². The molecule has 0 aromatic heterocycles. The first-order chi connectivity index (χ1) is 4.30. The van der Waals surface area contributed by atoms with Crippen LogP contribution in [0.3, 0.4) is 0 Å². The van der Waals surface area contributed by atoms with Crippen LogP contribution in [0.4, 0.5) is 0 Å². The maximum atomic E-state index is 5.47. The Morgan fingerprint density at radius 3 is 2.70 bits per heavy atom. The molecular formula is C6H13I2NO. The number of alkyl halides is 1. The van der Waals surface area contributed by atoms with E-state index in [1.807, 2.05) is 0 Å². The van der Waals surface area contributed by atoms with E-state index in [0.29, 0.717) is 10.0 Å². The molecule has 0 saturated carbocycles. The molecule has 2 unspecified atom stereocenters. The van der Waals surface area contributed by atoms with Gasteiger partial charge in [-0.3, -0.25) is 0 Å². The van der Waals surface area contributed by atoms with Crippen molar-refractivity contribution in [1.82, 2.24) is 5.32 Å². The van der Waals surface area contributed by atoms with Gasteiger partial charge in [0, 0.05) is 17.0 Å². The zero-order chi connectivity index (χ0) is 6.69. The van der Waals surface area contributed by atoms with E-state index < -0.39 is 0 Å². The molecule has 62 valence electrons. The Bertz CT molecular complexity index is 83.8. The number of hydrogen-bond acceptors (Lipinski definition) is 2. The number of hydrogen-bond donors (Lipinski definition) is 1. The summed E-state index contributed by atoms with van der Waals surface area (Å²) in [4.78, 5) is 0. The van der Waals surface area contributed by atoms with Crippen LogP contribution in [0.15, 0.2) is 0 Å². The number of morpholine rings is 1. The molecule has 0 aromatic rings. The maximum Gasteiger partial charge on any atom is 0.0814 e. The summed E-state index contributed by atoms with van der Waals surface area (Å²) in [5.41, 5.74) is 0. The van der Waals surface area contributed by atoms with Gasteiger partial charge in [0.15, 0.2) is 0 Å². The number of halogens is 2. The minimum atomic E-state index is 0. The summed E-state index contributed by atoms with van der Waals surface area (Å²) in [5, 5.41) is 3.29. The molecule has 0 spiro atoms. The van der Waals surface area contributed by atoms with Crippen LogP contribution in [0.2, 0.25) is 0 Å². The van der Waals surface area contributed by atoms with E-state index >= 15 is 0 Å². The molecule has 1 fully saturated rings. The lowest BCUT2D eigenvalue weighted by Gasteiger charge is -2.25. The highest BCUT2D eigenvalue weighted by Gasteiger charge is 2.17. The Kier molecular flexibility index (Phi) is 6.78. The van der Waals surface area contributed by atoms with E-state index in [1.165, 1.54) is 0 Å². The van der Waals surface area contributed by atoms with Crippen LogP contribution in [-0.4, -0.2) is 29.7 Å². The molecule has 0 aliphatic carbocycles. The summed E-state index contributed by atoms with van der Waals surface area (Å²) in [6.07, 6.45) is 0.430. The van der Waals surface area contributed by atoms with Gasteiger partial charge in [0.25, 0.3) is 0 Å². The van der Waals surface area contributed by atoms with Crippen molar-refractivity contribution < 1.29 is 4.74 Å². The summed E-state index contributed by atoms with van der Waals surface area (Å²) in [6.45, 7) is 5.08. The van der Waals surface area contributed by atoms with Crippen LogP contribution >= 0.6 is 46.6 Å². The first-order valence-electron chi connectivity index (χ1n) is 3.27. The van der Waals surface area contributed by atoms with Crippen LogP contribution in [0, 0.1) is 0 Å². The number of nitrogens with one attached hydrogen (secondary N) is 1. The van der Waals surface area contributed by atoms with Gasteiger partial charge in [-0.25, -0.2) is 0 Å². The van der Waals surface area contributed by atoms with Gasteiger partial charge in [-0.05, 0) is 0 Å². The Labute approximate surface area is 92.6 Å². The summed E-state index contributed by atoms with van der Waals surface area (Å²) >= 11 is 2.40. The highest BCUT2D eigenvalue weighted by atomic mass is 127. The molecule has 0 amide bonds. The predicted molar refractivity (Wildman–Crippen MR) is 61.5 cm³/mol. The third kappa shape index (κ3) is 3.68. The van der Waals surface area contributed by atoms with E-state index in [1.54, 1.807) is 0 Å². The fourth-order valence-corrected chi connectivity index (χ4v) is 1.34. The van der Waals surface area contributed by atoms with Crippen molar-refractivity contribution >= 4 is 46.6 Å². The third-order valence-corrected chi connectivity index (χ3v) is 2.27. The van der Waals surface area contributed by atoms with Crippen molar-refractivity contribution in [2.24, 2.45) is 0 Å². The summed E-state index contributed by atoms with van der Waals surface area (Å²) < 4.78 is 6.09. The van der Waals surface area contributed by atoms with E-state index in [4.69, 9.17) is 4.74 Å². The van der Waals surface area contributed by atoms with E-state index in [-0.39, 0.29) is 24.0 Å². The van der Waals surface area contributed by atoms with Crippen molar-refractivity contribution in [3.8, 4) is 0 Å². The predicted octanol–water partition coefficient (Wildman–Crippen LogP) is 1.42. The zero-order valence-corrected chi connectivity index (χ0v) is 10.5. The van der Waals surface area contributed by atoms with Crippen LogP contribution in [-0.2, 0) is 4.74 Å². The SMILES string of the molecule is CC(I)C1CNCCO1.I. The molecule has 1 aliphatic rings. The fraction of sp³-hybridized carbons (Fsp3) is 1.00. The van der Waals surface area contributed by atoms with Crippen LogP contribution in [0.5, 0.6) is 0 Å². The number of ether oxygens (including phenoxy) is 1. The minimum Gasteiger partial charge on any atom is -0.374 e. The minimum absolute atomic E-state index is 0. The lowest BCUT2D eigenvalue weighted by atomic mass is 10.2. The average molecular weight is 369 g/mol. The van der Waals surface area contributed by atoms with Crippen LogP contribution in [0.25, 0.3) is 0 Å². The van der Waals surface area contributed by atoms with Crippen LogP contribution < -0.4 is 5.32 Å². The Hall–Kier alpha value is 1.38. The standard InChI is InChI=1S/C6H12INO.HI/c1-5(7)6-4-8-2-3-9-6;/h5-6,8H,2-4H2,1H3;1H. The lowest BCUT2D eigenvalue weighted by Crippen LogP contribution is -2.42. The van der Waals surface area contributed by atoms with Gasteiger partial charge in [0.1, 0.15) is 0 Å². The second kappa shape index (κ2) is 5.96. The molecule has 4 heteroatoms. The molecule has 10 heavy (non-hydrogen) atoms. The molecule has 1 aliphatic heterocycles. The van der Waals surface area contributed by atoms with Crippen molar-refractivity contribution in [3.63, 3.8) is 0 Å². The molecule has 1 rings (SSSR count). The Morgan fingerprint density at radius 2 is 2.40 bits per heavy atom. The number of rotatable bonds is 1. The van der Waals surface area contributed by atoms with Gasteiger partial charge in [0.05, 0.1) is 12.7 Å². The van der Waals surface area contributed by atoms with Crippen molar-refractivity contribution in [1.29, 1.82) is 0 Å². The van der Waals surface area contributed by atoms with E-state index in [0.717, 1.165) is 19.7 Å². The van der Waals surface area contributed by atoms with Gasteiger partial charge >= 0.3 is 0 Å². The Morgan fingerprint density at radius 1 is 1.70 bits per heavy atom. The topological polar surface area (TPSA) is 21.3 Å². The average Bonchev–Trinajstić information content (AvgIpc) is 1.90. The fourth-order valence-electron chi connectivity index (χ4n) is 0.881. The smallest absolute Gasteiger partial charge is 0.0814 e. The maximum absolute atomic E-state index is 5.47. The monoisotopic (exact) mass is 369 g/mol. The summed E-state index contributed by atoms with van der Waals surface area (Å²) in [7, 11) is 0. The first-order valence-corrected chi connectivity index (χ1v) is 4.51. The Balaban J connectivity index is 0.000000810. The highest BCUT2D eigenvalue weighted by molar-refractivity contribution is 14.1. The molecule has 1 saturated heterocycles. The van der Waals surface area contributed by atoms with Gasteiger partial charge in [-0.2, -0.15) is 0 Å². The van der Waals surface area contributed by atoms with Crippen molar-refractivity contribution in [2.45, 2.75) is 17.0 Å². The molecule has 1 heterocycles. The van der Waals surface area contributed by atoms with Crippen molar-refractivity contribution in [2.75, 3.05) is 19.7 Å². The molecule has 2 atom stereocenters. The van der Waals surface area contributed by atoms with Gasteiger partial charge in [-0.15, -0.1) is 24.0 Å². The largest absolute Gasteiger partial charge is 0.374 e. The third-order valence-electron chi connectivity index (χ3n) is 1.47. The quantitative estimate of drug-likeness (QED) is 0.558. The summed E-state index contributed by atoms with van der Waals surface area (Å²) in [6, 6.07) is 0. The molecule has 2 nitrogen and oxygen atoms in total. The van der Waals surface area contributed by atoms with Gasteiger partial charge < -0.3 is 10.1 Å². The normalized spacial score (nSPS) is 28.8. The molecule has 1 N–H and O–H groups in total. The highest BCUT2D eigenvalue weighted by Crippen LogP contribution is 2.09. The van der Waals surface area contributed by atoms with Crippen LogP contribution in [0.1, 0.15) is 6.92 Å².